The Morgan fingerprint density at radius 1 is 1.37 bits per heavy atom. The van der Waals surface area contributed by atoms with Crippen molar-refractivity contribution in [1.82, 2.24) is 4.31 Å². The second-order valence-corrected chi connectivity index (χ2v) is 6.25. The lowest BCUT2D eigenvalue weighted by molar-refractivity contribution is 0.0696. The van der Waals surface area contributed by atoms with Crippen molar-refractivity contribution in [1.29, 1.82) is 0 Å². The standard InChI is InChI=1S/C12H17NO5S/c1-8(2)13(3)19(16,17)11-6-5-9(12(14)15)7-10(11)18-4/h5-8H,1-4H3,(H,14,15). The van der Waals surface area contributed by atoms with Crippen molar-refractivity contribution in [2.45, 2.75) is 24.8 Å². The molecule has 0 amide bonds. The molecule has 0 bridgehead atoms. The average Bonchev–Trinajstić information content (AvgIpc) is 2.36. The predicted octanol–water partition coefficient (Wildman–Crippen LogP) is 1.42. The van der Waals surface area contributed by atoms with Crippen LogP contribution in [0.4, 0.5) is 0 Å². The number of carbonyl (C=O) groups is 1. The van der Waals surface area contributed by atoms with E-state index in [0.29, 0.717) is 0 Å². The van der Waals surface area contributed by atoms with Crippen molar-refractivity contribution in [3.63, 3.8) is 0 Å². The molecule has 1 aromatic rings. The summed E-state index contributed by atoms with van der Waals surface area (Å²) >= 11 is 0. The van der Waals surface area contributed by atoms with Crippen LogP contribution >= 0.6 is 0 Å². The summed E-state index contributed by atoms with van der Waals surface area (Å²) in [6.45, 7) is 3.49. The van der Waals surface area contributed by atoms with Crippen LogP contribution in [0, 0.1) is 0 Å². The van der Waals surface area contributed by atoms with Crippen molar-refractivity contribution in [2.24, 2.45) is 0 Å². The first kappa shape index (κ1) is 15.5. The number of aromatic carboxylic acids is 1. The van der Waals surface area contributed by atoms with Gasteiger partial charge in [0.2, 0.25) is 10.0 Å². The number of methoxy groups -OCH3 is 1. The maximum atomic E-state index is 12.3. The minimum Gasteiger partial charge on any atom is -0.495 e. The number of benzene rings is 1. The second-order valence-electron chi connectivity index (χ2n) is 4.29. The molecule has 0 heterocycles. The fraction of sp³-hybridized carbons (Fsp3) is 0.417. The third-order valence-corrected chi connectivity index (χ3v) is 4.87. The molecule has 0 fully saturated rings. The van der Waals surface area contributed by atoms with E-state index >= 15 is 0 Å². The Kier molecular flexibility index (Phi) is 4.54. The number of hydrogen-bond donors (Lipinski definition) is 1. The summed E-state index contributed by atoms with van der Waals surface area (Å²) in [6, 6.07) is 3.47. The second kappa shape index (κ2) is 5.58. The third kappa shape index (κ3) is 3.05. The highest BCUT2D eigenvalue weighted by molar-refractivity contribution is 7.89. The van der Waals surface area contributed by atoms with E-state index in [0.717, 1.165) is 0 Å². The molecule has 0 saturated carbocycles. The molecule has 0 aliphatic carbocycles. The van der Waals surface area contributed by atoms with Crippen LogP contribution in [0.2, 0.25) is 0 Å². The lowest BCUT2D eigenvalue weighted by atomic mass is 10.2. The maximum Gasteiger partial charge on any atom is 0.335 e. The number of sulfonamides is 1. The molecule has 6 nitrogen and oxygen atoms in total. The molecular formula is C12H17NO5S. The molecule has 106 valence electrons. The lowest BCUT2D eigenvalue weighted by Gasteiger charge is -2.22. The summed E-state index contributed by atoms with van der Waals surface area (Å²) in [4.78, 5) is 10.8. The zero-order valence-electron chi connectivity index (χ0n) is 11.2. The van der Waals surface area contributed by atoms with Gasteiger partial charge in [0, 0.05) is 13.1 Å². The van der Waals surface area contributed by atoms with Crippen LogP contribution in [-0.4, -0.2) is 44.0 Å². The summed E-state index contributed by atoms with van der Waals surface area (Å²) in [5.41, 5.74) is -0.0250. The van der Waals surface area contributed by atoms with Gasteiger partial charge in [0.15, 0.2) is 0 Å². The van der Waals surface area contributed by atoms with Gasteiger partial charge in [-0.3, -0.25) is 0 Å². The van der Waals surface area contributed by atoms with Crippen LogP contribution in [0.1, 0.15) is 24.2 Å². The van der Waals surface area contributed by atoms with E-state index in [1.165, 1.54) is 36.7 Å². The molecule has 0 radical (unpaired) electrons. The monoisotopic (exact) mass is 287 g/mol. The van der Waals surface area contributed by atoms with Gasteiger partial charge < -0.3 is 9.84 Å². The van der Waals surface area contributed by atoms with Gasteiger partial charge in [0.1, 0.15) is 10.6 Å². The summed E-state index contributed by atoms with van der Waals surface area (Å²) in [6.07, 6.45) is 0. The van der Waals surface area contributed by atoms with Crippen molar-refractivity contribution in [3.05, 3.63) is 23.8 Å². The molecule has 0 unspecified atom stereocenters. The Labute approximate surface area is 112 Å². The van der Waals surface area contributed by atoms with E-state index in [1.54, 1.807) is 13.8 Å². The average molecular weight is 287 g/mol. The van der Waals surface area contributed by atoms with Crippen LogP contribution in [0.15, 0.2) is 23.1 Å². The molecule has 0 aromatic heterocycles. The lowest BCUT2D eigenvalue weighted by Crippen LogP contribution is -2.33. The van der Waals surface area contributed by atoms with Crippen molar-refractivity contribution < 1.29 is 23.1 Å². The van der Waals surface area contributed by atoms with Crippen molar-refractivity contribution >= 4 is 16.0 Å². The smallest absolute Gasteiger partial charge is 0.335 e. The SMILES string of the molecule is COc1cc(C(=O)O)ccc1S(=O)(=O)N(C)C(C)C. The minimum absolute atomic E-state index is 0.0207. The van der Waals surface area contributed by atoms with Gasteiger partial charge in [-0.15, -0.1) is 0 Å². The first-order valence-corrected chi connectivity index (χ1v) is 7.05. The van der Waals surface area contributed by atoms with Gasteiger partial charge in [0.05, 0.1) is 12.7 Å². The Balaban J connectivity index is 3.39. The molecule has 0 aliphatic heterocycles. The number of carboxylic acids is 1. The summed E-state index contributed by atoms with van der Waals surface area (Å²) in [5.74, 6) is -1.12. The van der Waals surface area contributed by atoms with Gasteiger partial charge in [-0.25, -0.2) is 13.2 Å². The quantitative estimate of drug-likeness (QED) is 0.885. The van der Waals surface area contributed by atoms with Gasteiger partial charge in [-0.2, -0.15) is 4.31 Å². The van der Waals surface area contributed by atoms with Gasteiger partial charge in [-0.05, 0) is 32.0 Å². The van der Waals surface area contributed by atoms with Crippen LogP contribution in [0.25, 0.3) is 0 Å². The molecule has 1 N–H and O–H groups in total. The van der Waals surface area contributed by atoms with Crippen molar-refractivity contribution in [2.75, 3.05) is 14.2 Å². The normalized spacial score (nSPS) is 11.9. The maximum absolute atomic E-state index is 12.3. The fourth-order valence-electron chi connectivity index (χ4n) is 1.45. The molecule has 7 heteroatoms. The van der Waals surface area contributed by atoms with E-state index in [4.69, 9.17) is 9.84 Å². The largest absolute Gasteiger partial charge is 0.495 e. The topological polar surface area (TPSA) is 83.9 Å². The molecule has 19 heavy (non-hydrogen) atoms. The number of rotatable bonds is 5. The zero-order valence-corrected chi connectivity index (χ0v) is 12.1. The molecular weight excluding hydrogens is 270 g/mol. The fourth-order valence-corrected chi connectivity index (χ4v) is 2.95. The summed E-state index contributed by atoms with van der Waals surface area (Å²) in [7, 11) is -0.944. The predicted molar refractivity (Wildman–Crippen MR) is 70.0 cm³/mol. The van der Waals surface area contributed by atoms with Crippen LogP contribution in [0.5, 0.6) is 5.75 Å². The number of hydrogen-bond acceptors (Lipinski definition) is 4. The first-order chi connectivity index (χ1) is 8.71. The van der Waals surface area contributed by atoms with Gasteiger partial charge in [0.25, 0.3) is 0 Å². The number of carboxylic acid groups (broad SMARTS) is 1. The van der Waals surface area contributed by atoms with Crippen molar-refractivity contribution in [3.8, 4) is 5.75 Å². The van der Waals surface area contributed by atoms with E-state index < -0.39 is 16.0 Å². The molecule has 1 rings (SSSR count). The van der Waals surface area contributed by atoms with E-state index in [2.05, 4.69) is 0 Å². The Morgan fingerprint density at radius 3 is 2.37 bits per heavy atom. The van der Waals surface area contributed by atoms with E-state index in [1.807, 2.05) is 0 Å². The zero-order chi connectivity index (χ0) is 14.8. The summed E-state index contributed by atoms with van der Waals surface area (Å²) in [5, 5.41) is 8.88. The number of ether oxygens (including phenoxy) is 1. The Bertz CT molecular complexity index is 580. The van der Waals surface area contributed by atoms with Crippen LogP contribution in [0.3, 0.4) is 0 Å². The first-order valence-electron chi connectivity index (χ1n) is 5.61. The molecule has 0 atom stereocenters. The third-order valence-electron chi connectivity index (χ3n) is 2.79. The minimum atomic E-state index is -3.71. The molecule has 0 aliphatic rings. The number of nitrogens with zero attached hydrogens (tertiary/aromatic N) is 1. The van der Waals surface area contributed by atoms with Crippen LogP contribution in [-0.2, 0) is 10.0 Å². The highest BCUT2D eigenvalue weighted by Gasteiger charge is 2.27. The van der Waals surface area contributed by atoms with Gasteiger partial charge >= 0.3 is 5.97 Å². The highest BCUT2D eigenvalue weighted by Crippen LogP contribution is 2.28. The molecule has 1 aromatic carbocycles. The summed E-state index contributed by atoms with van der Waals surface area (Å²) < 4.78 is 30.8. The van der Waals surface area contributed by atoms with Gasteiger partial charge in [-0.1, -0.05) is 0 Å². The molecule has 0 saturated heterocycles. The highest BCUT2D eigenvalue weighted by atomic mass is 32.2. The molecule has 0 spiro atoms. The van der Waals surface area contributed by atoms with E-state index in [-0.39, 0.29) is 22.3 Å². The Morgan fingerprint density at radius 2 is 1.95 bits per heavy atom. The van der Waals surface area contributed by atoms with Crippen LogP contribution < -0.4 is 4.74 Å². The Hall–Kier alpha value is -1.60. The van der Waals surface area contributed by atoms with E-state index in [9.17, 15) is 13.2 Å².